The summed E-state index contributed by atoms with van der Waals surface area (Å²) >= 11 is 0. The average molecular weight is 258 g/mol. The van der Waals surface area contributed by atoms with Crippen LogP contribution in [-0.4, -0.2) is 11.1 Å². The third kappa shape index (κ3) is 11.6. The van der Waals surface area contributed by atoms with Crippen LogP contribution < -0.4 is 0 Å². The maximum atomic E-state index is 12.6. The smallest absolute Gasteiger partial charge is 0.364 e. The molecule has 2 nitrogen and oxygen atoms in total. The Kier molecular flexibility index (Phi) is 12.0. The molecule has 0 amide bonds. The number of allylic oxidation sites excluding steroid dienone is 1. The van der Waals surface area contributed by atoms with E-state index in [-0.39, 0.29) is 0 Å². The van der Waals surface area contributed by atoms with Crippen LogP contribution in [0.2, 0.25) is 0 Å². The molecule has 0 spiro atoms. The molecule has 106 valence electrons. The van der Waals surface area contributed by atoms with Gasteiger partial charge in [-0.3, -0.25) is 0 Å². The quantitative estimate of drug-likeness (QED) is 0.384. The molecule has 0 aromatic carbocycles. The van der Waals surface area contributed by atoms with Crippen molar-refractivity contribution in [3.63, 3.8) is 0 Å². The Labute approximate surface area is 110 Å². The molecule has 0 aromatic rings. The summed E-state index contributed by atoms with van der Waals surface area (Å²) in [7, 11) is 0. The van der Waals surface area contributed by atoms with E-state index >= 15 is 0 Å². The topological polar surface area (TPSA) is 37.3 Å². The number of rotatable bonds is 12. The molecule has 0 radical (unpaired) electrons. The molecule has 0 heterocycles. The van der Waals surface area contributed by atoms with Crippen molar-refractivity contribution in [2.24, 2.45) is 0 Å². The molecule has 0 aliphatic carbocycles. The van der Waals surface area contributed by atoms with Gasteiger partial charge in [-0.05, 0) is 18.9 Å². The predicted octanol–water partition coefficient (Wildman–Crippen LogP) is 5.24. The summed E-state index contributed by atoms with van der Waals surface area (Å²) in [5.41, 5.74) is 0. The largest absolute Gasteiger partial charge is 0.476 e. The van der Waals surface area contributed by atoms with Gasteiger partial charge in [0.05, 0.1) is 0 Å². The van der Waals surface area contributed by atoms with E-state index in [1.807, 2.05) is 0 Å². The number of unbranched alkanes of at least 4 members (excludes halogenated alkanes) is 10. The Hall–Kier alpha value is -0.860. The summed E-state index contributed by atoms with van der Waals surface area (Å²) in [5, 5.41) is 8.30. The molecule has 0 aliphatic heterocycles. The fraction of sp³-hybridized carbons (Fsp3) is 0.800. The highest BCUT2D eigenvalue weighted by Crippen LogP contribution is 2.12. The fourth-order valence-corrected chi connectivity index (χ4v) is 1.95. The highest BCUT2D eigenvalue weighted by atomic mass is 19.1. The summed E-state index contributed by atoms with van der Waals surface area (Å²) < 4.78 is 12.6. The Balaban J connectivity index is 3.17. The van der Waals surface area contributed by atoms with Gasteiger partial charge in [0.25, 0.3) is 0 Å². The summed E-state index contributed by atoms with van der Waals surface area (Å²) in [5.74, 6) is -2.48. The average Bonchev–Trinajstić information content (AvgIpc) is 2.35. The minimum Gasteiger partial charge on any atom is -0.476 e. The number of hydrogen-bond donors (Lipinski definition) is 1. The van der Waals surface area contributed by atoms with Crippen molar-refractivity contribution >= 4 is 5.97 Å². The van der Waals surface area contributed by atoms with Gasteiger partial charge in [0, 0.05) is 0 Å². The Morgan fingerprint density at radius 1 is 0.944 bits per heavy atom. The number of halogens is 1. The molecule has 0 atom stereocenters. The Morgan fingerprint density at radius 2 is 1.39 bits per heavy atom. The Morgan fingerprint density at radius 3 is 1.83 bits per heavy atom. The molecule has 0 aliphatic rings. The summed E-state index contributed by atoms with van der Waals surface area (Å²) in [6, 6.07) is 0. The lowest BCUT2D eigenvalue weighted by atomic mass is 10.1. The first-order valence-corrected chi connectivity index (χ1v) is 7.27. The van der Waals surface area contributed by atoms with Crippen molar-refractivity contribution in [1.82, 2.24) is 0 Å². The van der Waals surface area contributed by atoms with Crippen LogP contribution in [0, 0.1) is 0 Å². The molecule has 18 heavy (non-hydrogen) atoms. The first kappa shape index (κ1) is 17.1. The van der Waals surface area contributed by atoms with Gasteiger partial charge in [0.15, 0.2) is 0 Å². The summed E-state index contributed by atoms with van der Waals surface area (Å²) in [6.45, 7) is 2.22. The van der Waals surface area contributed by atoms with Crippen LogP contribution in [0.15, 0.2) is 11.9 Å². The highest BCUT2D eigenvalue weighted by molar-refractivity contribution is 5.83. The van der Waals surface area contributed by atoms with Gasteiger partial charge in [-0.15, -0.1) is 0 Å². The zero-order valence-electron chi connectivity index (χ0n) is 11.6. The van der Waals surface area contributed by atoms with Gasteiger partial charge >= 0.3 is 5.97 Å². The summed E-state index contributed by atoms with van der Waals surface area (Å²) in [6.07, 6.45) is 14.1. The number of aliphatic carboxylic acids is 1. The molecule has 1 N–H and O–H groups in total. The second kappa shape index (κ2) is 12.6. The van der Waals surface area contributed by atoms with Gasteiger partial charge in [0.2, 0.25) is 5.83 Å². The molecule has 0 saturated heterocycles. The molecule has 0 unspecified atom stereocenters. The van der Waals surface area contributed by atoms with Crippen molar-refractivity contribution in [3.05, 3.63) is 11.9 Å². The van der Waals surface area contributed by atoms with Crippen LogP contribution in [0.5, 0.6) is 0 Å². The van der Waals surface area contributed by atoms with Crippen molar-refractivity contribution in [1.29, 1.82) is 0 Å². The van der Waals surface area contributed by atoms with Crippen molar-refractivity contribution < 1.29 is 14.3 Å². The molecule has 0 rings (SSSR count). The maximum Gasteiger partial charge on any atom is 0.364 e. The first-order chi connectivity index (χ1) is 8.68. The number of carboxylic acid groups (broad SMARTS) is 1. The molecule has 3 heteroatoms. The molecule has 0 bridgehead atoms. The van der Waals surface area contributed by atoms with Crippen LogP contribution in [0.25, 0.3) is 0 Å². The standard InChI is InChI=1S/C15H27FO2/c1-2-3-4-5-6-7-8-9-10-11-12-13-14(16)15(17)18/h13H,2-12H2,1H3,(H,17,18)/b14-13-. The van der Waals surface area contributed by atoms with Crippen LogP contribution in [0.3, 0.4) is 0 Å². The first-order valence-electron chi connectivity index (χ1n) is 7.27. The van der Waals surface area contributed by atoms with Crippen molar-refractivity contribution in [2.45, 2.75) is 77.6 Å². The lowest BCUT2D eigenvalue weighted by molar-refractivity contribution is -0.134. The van der Waals surface area contributed by atoms with E-state index in [9.17, 15) is 9.18 Å². The van der Waals surface area contributed by atoms with Crippen LogP contribution in [0.1, 0.15) is 77.6 Å². The van der Waals surface area contributed by atoms with Crippen LogP contribution in [-0.2, 0) is 4.79 Å². The van der Waals surface area contributed by atoms with Crippen LogP contribution >= 0.6 is 0 Å². The zero-order chi connectivity index (χ0) is 13.6. The monoisotopic (exact) mass is 258 g/mol. The van der Waals surface area contributed by atoms with E-state index in [2.05, 4.69) is 6.92 Å². The highest BCUT2D eigenvalue weighted by Gasteiger charge is 2.02. The molecule has 0 fully saturated rings. The predicted molar refractivity (Wildman–Crippen MR) is 73.3 cm³/mol. The van der Waals surface area contributed by atoms with Gasteiger partial charge < -0.3 is 5.11 Å². The zero-order valence-corrected chi connectivity index (χ0v) is 11.6. The second-order valence-corrected chi connectivity index (χ2v) is 4.83. The third-order valence-electron chi connectivity index (χ3n) is 3.09. The minimum atomic E-state index is -1.46. The van der Waals surface area contributed by atoms with E-state index in [1.165, 1.54) is 57.4 Å². The van der Waals surface area contributed by atoms with E-state index < -0.39 is 11.8 Å². The van der Waals surface area contributed by atoms with Gasteiger partial charge in [0.1, 0.15) is 0 Å². The second-order valence-electron chi connectivity index (χ2n) is 4.83. The lowest BCUT2D eigenvalue weighted by Crippen LogP contribution is -1.94. The van der Waals surface area contributed by atoms with E-state index in [0.29, 0.717) is 6.42 Å². The van der Waals surface area contributed by atoms with Gasteiger partial charge in [-0.2, -0.15) is 4.39 Å². The van der Waals surface area contributed by atoms with E-state index in [0.717, 1.165) is 12.8 Å². The lowest BCUT2D eigenvalue weighted by Gasteiger charge is -2.01. The SMILES string of the molecule is CCCCCCCCCCCC/C=C(\F)C(=O)O. The molecular formula is C15H27FO2. The fourth-order valence-electron chi connectivity index (χ4n) is 1.95. The number of carboxylic acids is 1. The number of carbonyl (C=O) groups is 1. The Bertz CT molecular complexity index is 237. The van der Waals surface area contributed by atoms with E-state index in [1.54, 1.807) is 0 Å². The van der Waals surface area contributed by atoms with Crippen molar-refractivity contribution in [2.75, 3.05) is 0 Å². The minimum absolute atomic E-state index is 0.536. The molecule has 0 aromatic heterocycles. The van der Waals surface area contributed by atoms with E-state index in [4.69, 9.17) is 5.11 Å². The molecule has 0 saturated carbocycles. The number of hydrogen-bond acceptors (Lipinski definition) is 1. The van der Waals surface area contributed by atoms with Crippen molar-refractivity contribution in [3.8, 4) is 0 Å². The summed E-state index contributed by atoms with van der Waals surface area (Å²) in [4.78, 5) is 10.2. The maximum absolute atomic E-state index is 12.6. The van der Waals surface area contributed by atoms with Gasteiger partial charge in [-0.25, -0.2) is 4.79 Å². The third-order valence-corrected chi connectivity index (χ3v) is 3.09. The van der Waals surface area contributed by atoms with Gasteiger partial charge in [-0.1, -0.05) is 64.7 Å². The van der Waals surface area contributed by atoms with Crippen LogP contribution in [0.4, 0.5) is 4.39 Å². The normalized spacial score (nSPS) is 11.8. The molecular weight excluding hydrogens is 231 g/mol.